The largest absolute Gasteiger partial charge is 0.481 e. The molecule has 0 spiro atoms. The van der Waals surface area contributed by atoms with Crippen LogP contribution in [0.25, 0.3) is 0 Å². The average Bonchev–Trinajstić information content (AvgIpc) is 2.48. The molecule has 2 aromatic carbocycles. The maximum absolute atomic E-state index is 13.6. The van der Waals surface area contributed by atoms with Gasteiger partial charge in [0.15, 0.2) is 6.10 Å². The Bertz CT molecular complexity index is 653. The molecule has 0 saturated carbocycles. The number of aryl methyl sites for hydroxylation is 1. The summed E-state index contributed by atoms with van der Waals surface area (Å²) >= 11 is 0. The number of halogens is 2. The van der Waals surface area contributed by atoms with E-state index in [4.69, 9.17) is 4.74 Å². The molecule has 116 valence electrons. The van der Waals surface area contributed by atoms with Crippen molar-refractivity contribution >= 4 is 11.6 Å². The van der Waals surface area contributed by atoms with Crippen LogP contribution < -0.4 is 10.1 Å². The lowest BCUT2D eigenvalue weighted by Gasteiger charge is -2.18. The van der Waals surface area contributed by atoms with Gasteiger partial charge in [-0.1, -0.05) is 25.1 Å². The smallest absolute Gasteiger partial charge is 0.265 e. The molecule has 0 heterocycles. The summed E-state index contributed by atoms with van der Waals surface area (Å²) in [4.78, 5) is 12.2. The first kappa shape index (κ1) is 15.9. The number of benzene rings is 2. The molecule has 22 heavy (non-hydrogen) atoms. The summed E-state index contributed by atoms with van der Waals surface area (Å²) in [7, 11) is 0. The number of carbonyl (C=O) groups is 1. The number of para-hydroxylation sites is 1. The number of anilines is 1. The highest BCUT2D eigenvalue weighted by Gasteiger charge is 2.21. The molecule has 0 fully saturated rings. The molecule has 1 atom stereocenters. The molecular formula is C17H17F2NO2. The lowest BCUT2D eigenvalue weighted by molar-refractivity contribution is -0.122. The molecule has 5 heteroatoms. The molecule has 0 saturated heterocycles. The van der Waals surface area contributed by atoms with Gasteiger partial charge in [-0.15, -0.1) is 0 Å². The number of nitrogens with one attached hydrogen (secondary N) is 1. The molecular weight excluding hydrogens is 288 g/mol. The Balaban J connectivity index is 2.12. The van der Waals surface area contributed by atoms with Crippen LogP contribution in [0.3, 0.4) is 0 Å². The van der Waals surface area contributed by atoms with Gasteiger partial charge < -0.3 is 10.1 Å². The van der Waals surface area contributed by atoms with Gasteiger partial charge in [0.2, 0.25) is 0 Å². The lowest BCUT2D eigenvalue weighted by Crippen LogP contribution is -2.33. The second-order valence-corrected chi connectivity index (χ2v) is 4.92. The SMILES string of the molecule is CC[C@@H](Oc1cccc(C)c1)C(=O)Nc1c(F)cccc1F. The van der Waals surface area contributed by atoms with Crippen molar-refractivity contribution in [3.05, 3.63) is 59.7 Å². The van der Waals surface area contributed by atoms with E-state index in [0.717, 1.165) is 17.7 Å². The van der Waals surface area contributed by atoms with Crippen molar-refractivity contribution in [3.63, 3.8) is 0 Å². The molecule has 0 unspecified atom stereocenters. The maximum Gasteiger partial charge on any atom is 0.265 e. The Kier molecular flexibility index (Phi) is 5.09. The first-order valence-corrected chi connectivity index (χ1v) is 6.99. The zero-order valence-electron chi connectivity index (χ0n) is 12.4. The van der Waals surface area contributed by atoms with Crippen molar-refractivity contribution in [1.29, 1.82) is 0 Å². The number of rotatable bonds is 5. The highest BCUT2D eigenvalue weighted by atomic mass is 19.1. The zero-order chi connectivity index (χ0) is 16.1. The minimum atomic E-state index is -0.833. The third-order valence-electron chi connectivity index (χ3n) is 3.14. The highest BCUT2D eigenvalue weighted by molar-refractivity contribution is 5.94. The van der Waals surface area contributed by atoms with E-state index >= 15 is 0 Å². The van der Waals surface area contributed by atoms with Crippen LogP contribution in [-0.4, -0.2) is 12.0 Å². The van der Waals surface area contributed by atoms with Crippen molar-refractivity contribution < 1.29 is 18.3 Å². The zero-order valence-corrected chi connectivity index (χ0v) is 12.4. The molecule has 2 aromatic rings. The van der Waals surface area contributed by atoms with Gasteiger partial charge in [0, 0.05) is 0 Å². The van der Waals surface area contributed by atoms with E-state index in [1.54, 1.807) is 19.1 Å². The van der Waals surface area contributed by atoms with Gasteiger partial charge in [-0.25, -0.2) is 8.78 Å². The fraction of sp³-hybridized carbons (Fsp3) is 0.235. The fourth-order valence-corrected chi connectivity index (χ4v) is 2.00. The summed E-state index contributed by atoms with van der Waals surface area (Å²) in [6.45, 7) is 3.67. The standard InChI is InChI=1S/C17H17F2NO2/c1-3-15(22-12-7-4-6-11(2)10-12)17(21)20-16-13(18)8-5-9-14(16)19/h4-10,15H,3H2,1-2H3,(H,20,21)/t15-/m1/s1. The van der Waals surface area contributed by atoms with Gasteiger partial charge in [0.05, 0.1) is 0 Å². The van der Waals surface area contributed by atoms with Crippen molar-refractivity contribution in [3.8, 4) is 5.75 Å². The average molecular weight is 305 g/mol. The fourth-order valence-electron chi connectivity index (χ4n) is 2.00. The Hall–Kier alpha value is -2.43. The van der Waals surface area contributed by atoms with E-state index in [0.29, 0.717) is 12.2 Å². The van der Waals surface area contributed by atoms with E-state index in [2.05, 4.69) is 5.32 Å². The van der Waals surface area contributed by atoms with Crippen molar-refractivity contribution in [2.24, 2.45) is 0 Å². The minimum Gasteiger partial charge on any atom is -0.481 e. The predicted octanol–water partition coefficient (Wildman–Crippen LogP) is 4.07. The number of hydrogen-bond donors (Lipinski definition) is 1. The van der Waals surface area contributed by atoms with Crippen LogP contribution in [0.4, 0.5) is 14.5 Å². The van der Waals surface area contributed by atoms with Crippen LogP contribution in [0.15, 0.2) is 42.5 Å². The molecule has 0 aliphatic rings. The topological polar surface area (TPSA) is 38.3 Å². The number of carbonyl (C=O) groups excluding carboxylic acids is 1. The summed E-state index contributed by atoms with van der Waals surface area (Å²) in [5.41, 5.74) is 0.534. The third-order valence-corrected chi connectivity index (χ3v) is 3.14. The summed E-state index contributed by atoms with van der Waals surface area (Å²) in [5, 5.41) is 2.25. The second-order valence-electron chi connectivity index (χ2n) is 4.92. The maximum atomic E-state index is 13.6. The van der Waals surface area contributed by atoms with Crippen LogP contribution in [0.5, 0.6) is 5.75 Å². The predicted molar refractivity (Wildman–Crippen MR) is 80.9 cm³/mol. The molecule has 3 nitrogen and oxygen atoms in total. The van der Waals surface area contributed by atoms with Gasteiger partial charge in [-0.2, -0.15) is 0 Å². The lowest BCUT2D eigenvalue weighted by atomic mass is 10.2. The van der Waals surface area contributed by atoms with Gasteiger partial charge in [-0.05, 0) is 43.2 Å². The Morgan fingerprint density at radius 1 is 1.18 bits per heavy atom. The molecule has 0 radical (unpaired) electrons. The van der Waals surface area contributed by atoms with Crippen molar-refractivity contribution in [1.82, 2.24) is 0 Å². The quantitative estimate of drug-likeness (QED) is 0.904. The minimum absolute atomic E-state index is 0.371. The van der Waals surface area contributed by atoms with E-state index in [1.165, 1.54) is 6.07 Å². The molecule has 0 aliphatic carbocycles. The highest BCUT2D eigenvalue weighted by Crippen LogP contribution is 2.20. The molecule has 0 bridgehead atoms. The molecule has 1 amide bonds. The Morgan fingerprint density at radius 2 is 1.82 bits per heavy atom. The van der Waals surface area contributed by atoms with Gasteiger partial charge in [-0.3, -0.25) is 4.79 Å². The monoisotopic (exact) mass is 305 g/mol. The Labute approximate surface area is 127 Å². The van der Waals surface area contributed by atoms with Gasteiger partial charge in [0.1, 0.15) is 23.1 Å². The first-order chi connectivity index (χ1) is 10.5. The van der Waals surface area contributed by atoms with Crippen LogP contribution in [0, 0.1) is 18.6 Å². The van der Waals surface area contributed by atoms with E-state index in [9.17, 15) is 13.6 Å². The number of amides is 1. The molecule has 0 aromatic heterocycles. The summed E-state index contributed by atoms with van der Waals surface area (Å²) < 4.78 is 32.7. The van der Waals surface area contributed by atoms with E-state index in [1.807, 2.05) is 19.1 Å². The summed E-state index contributed by atoms with van der Waals surface area (Å²) in [5.74, 6) is -1.69. The molecule has 1 N–H and O–H groups in total. The summed E-state index contributed by atoms with van der Waals surface area (Å²) in [6.07, 6.45) is -0.462. The third kappa shape index (κ3) is 3.81. The summed E-state index contributed by atoms with van der Waals surface area (Å²) in [6, 6.07) is 10.6. The van der Waals surface area contributed by atoms with Crippen LogP contribution in [0.1, 0.15) is 18.9 Å². The normalized spacial score (nSPS) is 11.8. The van der Waals surface area contributed by atoms with E-state index in [-0.39, 0.29) is 0 Å². The number of ether oxygens (including phenoxy) is 1. The first-order valence-electron chi connectivity index (χ1n) is 6.99. The van der Waals surface area contributed by atoms with Crippen molar-refractivity contribution in [2.75, 3.05) is 5.32 Å². The van der Waals surface area contributed by atoms with Gasteiger partial charge in [0.25, 0.3) is 5.91 Å². The Morgan fingerprint density at radius 3 is 2.41 bits per heavy atom. The number of hydrogen-bond acceptors (Lipinski definition) is 2. The second kappa shape index (κ2) is 7.02. The molecule has 0 aliphatic heterocycles. The van der Waals surface area contributed by atoms with Crippen LogP contribution >= 0.6 is 0 Å². The molecule has 2 rings (SSSR count). The van der Waals surface area contributed by atoms with E-state index < -0.39 is 29.3 Å². The van der Waals surface area contributed by atoms with Crippen molar-refractivity contribution in [2.45, 2.75) is 26.4 Å². The van der Waals surface area contributed by atoms with Gasteiger partial charge >= 0.3 is 0 Å². The van der Waals surface area contributed by atoms with Crippen LogP contribution in [-0.2, 0) is 4.79 Å². The van der Waals surface area contributed by atoms with Crippen LogP contribution in [0.2, 0.25) is 0 Å².